The number of carbonyl (C=O) groups excluding carboxylic acids is 2. The van der Waals surface area contributed by atoms with E-state index in [9.17, 15) is 24.8 Å². The van der Waals surface area contributed by atoms with E-state index in [0.29, 0.717) is 6.42 Å². The van der Waals surface area contributed by atoms with E-state index in [1.807, 2.05) is 60.7 Å². The molecule has 0 fully saturated rings. The van der Waals surface area contributed by atoms with Crippen molar-refractivity contribution in [1.82, 2.24) is 10.2 Å². The molecular formula is C28H32N6O5. The zero-order valence-electron chi connectivity index (χ0n) is 21.3. The molecule has 2 amide bonds. The molecule has 3 aromatic rings. The Kier molecular flexibility index (Phi) is 10.5. The third kappa shape index (κ3) is 8.37. The zero-order valence-corrected chi connectivity index (χ0v) is 21.3. The highest BCUT2D eigenvalue weighted by Crippen LogP contribution is 2.29. The molecule has 3 aromatic carbocycles. The van der Waals surface area contributed by atoms with E-state index in [1.165, 1.54) is 4.90 Å². The maximum atomic E-state index is 14.3. The average Bonchev–Trinajstić information content (AvgIpc) is 2.93. The molecule has 11 nitrogen and oxygen atoms in total. The number of nitrogens with one attached hydrogen (secondary N) is 1. The summed E-state index contributed by atoms with van der Waals surface area (Å²) in [6.45, 7) is 0.167. The predicted octanol–water partition coefficient (Wildman–Crippen LogP) is 2.07. The predicted molar refractivity (Wildman–Crippen MR) is 146 cm³/mol. The monoisotopic (exact) mass is 532 g/mol. The summed E-state index contributed by atoms with van der Waals surface area (Å²) >= 11 is 0. The third-order valence-electron chi connectivity index (χ3n) is 6.21. The van der Waals surface area contributed by atoms with Gasteiger partial charge in [0.05, 0.1) is 12.5 Å². The summed E-state index contributed by atoms with van der Waals surface area (Å²) in [5, 5.41) is 24.6. The average molecular weight is 533 g/mol. The number of carbonyl (C=O) groups is 2. The van der Waals surface area contributed by atoms with Crippen molar-refractivity contribution in [1.29, 1.82) is 0 Å². The van der Waals surface area contributed by atoms with Gasteiger partial charge in [0.1, 0.15) is 11.1 Å². The van der Waals surface area contributed by atoms with E-state index in [4.69, 9.17) is 11.5 Å². The van der Waals surface area contributed by atoms with Gasteiger partial charge < -0.3 is 26.8 Å². The minimum atomic E-state index is -0.972. The summed E-state index contributed by atoms with van der Waals surface area (Å²) in [7, 11) is 0. The summed E-state index contributed by atoms with van der Waals surface area (Å²) in [4.78, 5) is 39.0. The summed E-state index contributed by atoms with van der Waals surface area (Å²) in [6.07, 6.45) is 0.515. The number of aliphatic hydroxyl groups is 1. The van der Waals surface area contributed by atoms with Gasteiger partial charge in [0, 0.05) is 13.1 Å². The molecule has 0 heterocycles. The van der Waals surface area contributed by atoms with Crippen LogP contribution in [0.5, 0.6) is 0 Å². The van der Waals surface area contributed by atoms with E-state index < -0.39 is 22.9 Å². The number of benzene rings is 3. The van der Waals surface area contributed by atoms with Crippen LogP contribution in [0.25, 0.3) is 0 Å². The molecule has 0 bridgehead atoms. The Balaban J connectivity index is 1.95. The van der Waals surface area contributed by atoms with Gasteiger partial charge in [-0.05, 0) is 35.1 Å². The van der Waals surface area contributed by atoms with Crippen LogP contribution >= 0.6 is 0 Å². The molecule has 0 radical (unpaired) electrons. The summed E-state index contributed by atoms with van der Waals surface area (Å²) in [6, 6.07) is 24.7. The number of amides is 2. The van der Waals surface area contributed by atoms with Gasteiger partial charge in [0.15, 0.2) is 5.03 Å². The molecule has 0 spiro atoms. The van der Waals surface area contributed by atoms with Crippen LogP contribution < -0.4 is 16.8 Å². The number of aliphatic hydroxyl groups excluding tert-OH is 1. The number of hydrogen-bond acceptors (Lipinski definition) is 5. The highest BCUT2D eigenvalue weighted by molar-refractivity contribution is 5.92. The maximum absolute atomic E-state index is 14.3. The van der Waals surface area contributed by atoms with Crippen molar-refractivity contribution in [2.75, 3.05) is 6.54 Å². The Morgan fingerprint density at radius 3 is 1.95 bits per heavy atom. The van der Waals surface area contributed by atoms with Gasteiger partial charge in [-0.2, -0.15) is 0 Å². The Labute approximate surface area is 226 Å². The van der Waals surface area contributed by atoms with Crippen molar-refractivity contribution < 1.29 is 19.7 Å². The molecule has 0 aliphatic carbocycles. The fourth-order valence-electron chi connectivity index (χ4n) is 4.31. The molecule has 0 aliphatic heterocycles. The summed E-state index contributed by atoms with van der Waals surface area (Å²) < 4.78 is 0. The standard InChI is InChI=1S/C28H32N6O5/c29-26(36)24(12-7-17-31-28(30)32-34(38)39)33(18-20-13-15-21(19-35)16-14-20)27(37)25(22-8-3-1-4-9-22)23-10-5-2-6-11-23/h1-6,8-11,13-16,24-25,35H,7,12,17-19H2,(H2,29,36)(H3,30,31,32)/t24-/m1/s1. The number of nitro groups is 1. The second-order valence-corrected chi connectivity index (χ2v) is 8.91. The van der Waals surface area contributed by atoms with Crippen LogP contribution in [0.15, 0.2) is 90.0 Å². The van der Waals surface area contributed by atoms with Gasteiger partial charge in [-0.15, -0.1) is 0 Å². The highest BCUT2D eigenvalue weighted by atomic mass is 16.7. The molecule has 0 aliphatic rings. The van der Waals surface area contributed by atoms with Gasteiger partial charge in [-0.25, -0.2) is 10.1 Å². The lowest BCUT2D eigenvalue weighted by atomic mass is 9.89. The molecule has 11 heteroatoms. The topological polar surface area (TPSA) is 177 Å². The fraction of sp³-hybridized carbons (Fsp3) is 0.250. The van der Waals surface area contributed by atoms with Crippen molar-refractivity contribution in [3.63, 3.8) is 0 Å². The molecule has 0 saturated heterocycles. The number of rotatable bonds is 13. The summed E-state index contributed by atoms with van der Waals surface area (Å²) in [5.74, 6) is -2.03. The first-order valence-electron chi connectivity index (χ1n) is 12.4. The van der Waals surface area contributed by atoms with E-state index in [0.717, 1.165) is 22.3 Å². The normalized spacial score (nSPS) is 12.1. The number of nitrogens with zero attached hydrogens (tertiary/aromatic N) is 3. The second-order valence-electron chi connectivity index (χ2n) is 8.91. The Bertz CT molecular complexity index is 1230. The van der Waals surface area contributed by atoms with Crippen LogP contribution in [0.1, 0.15) is 41.0 Å². The van der Waals surface area contributed by atoms with Crippen molar-refractivity contribution in [3.05, 3.63) is 117 Å². The molecule has 0 unspecified atom stereocenters. The summed E-state index contributed by atoms with van der Waals surface area (Å²) in [5.41, 5.74) is 14.3. The van der Waals surface area contributed by atoms with Crippen LogP contribution in [-0.4, -0.2) is 45.4 Å². The molecule has 0 saturated carbocycles. The van der Waals surface area contributed by atoms with Crippen LogP contribution in [0, 0.1) is 10.1 Å². The van der Waals surface area contributed by atoms with Crippen LogP contribution in [0.2, 0.25) is 0 Å². The quantitative estimate of drug-likeness (QED) is 0.0855. The van der Waals surface area contributed by atoms with Crippen molar-refractivity contribution in [2.24, 2.45) is 16.6 Å². The molecule has 0 aromatic heterocycles. The first-order valence-corrected chi connectivity index (χ1v) is 12.4. The highest BCUT2D eigenvalue weighted by Gasteiger charge is 2.34. The molecule has 39 heavy (non-hydrogen) atoms. The van der Waals surface area contributed by atoms with E-state index in [1.54, 1.807) is 24.3 Å². The lowest BCUT2D eigenvalue weighted by molar-refractivity contribution is -0.485. The van der Waals surface area contributed by atoms with E-state index in [2.05, 4.69) is 10.4 Å². The lowest BCUT2D eigenvalue weighted by Crippen LogP contribution is -2.49. The van der Waals surface area contributed by atoms with Crippen LogP contribution in [0.4, 0.5) is 0 Å². The number of guanidine groups is 1. The zero-order chi connectivity index (χ0) is 28.2. The van der Waals surface area contributed by atoms with E-state index in [-0.39, 0.29) is 38.0 Å². The minimum Gasteiger partial charge on any atom is -0.392 e. The lowest BCUT2D eigenvalue weighted by Gasteiger charge is -2.33. The minimum absolute atomic E-state index is 0.104. The number of nitrogens with two attached hydrogens (primary N) is 2. The van der Waals surface area contributed by atoms with Gasteiger partial charge in [0.25, 0.3) is 5.96 Å². The first kappa shape index (κ1) is 28.8. The number of hydrogen-bond donors (Lipinski definition) is 4. The van der Waals surface area contributed by atoms with Gasteiger partial charge in [-0.3, -0.25) is 9.59 Å². The fourth-order valence-corrected chi connectivity index (χ4v) is 4.31. The van der Waals surface area contributed by atoms with Gasteiger partial charge in [0.2, 0.25) is 11.8 Å². The first-order chi connectivity index (χ1) is 18.8. The molecule has 204 valence electrons. The largest absolute Gasteiger partial charge is 0.392 e. The van der Waals surface area contributed by atoms with Gasteiger partial charge in [-0.1, -0.05) is 84.9 Å². The SMILES string of the molecule is NC(=O)[C@@H](CCCNC(N)=N[N+](=O)[O-])N(Cc1ccc(CO)cc1)C(=O)C(c1ccccc1)c1ccccc1. The van der Waals surface area contributed by atoms with Crippen LogP contribution in [-0.2, 0) is 22.7 Å². The maximum Gasteiger partial charge on any atom is 0.266 e. The van der Waals surface area contributed by atoms with E-state index >= 15 is 0 Å². The number of hydrazone groups is 1. The Morgan fingerprint density at radius 2 is 1.46 bits per heavy atom. The second kappa shape index (κ2) is 14.2. The Hall–Kier alpha value is -4.77. The molecule has 6 N–H and O–H groups in total. The van der Waals surface area contributed by atoms with Crippen molar-refractivity contribution >= 4 is 17.8 Å². The van der Waals surface area contributed by atoms with Crippen LogP contribution in [0.3, 0.4) is 0 Å². The molecular weight excluding hydrogens is 500 g/mol. The third-order valence-corrected chi connectivity index (χ3v) is 6.21. The Morgan fingerprint density at radius 1 is 0.923 bits per heavy atom. The van der Waals surface area contributed by atoms with Crippen molar-refractivity contribution in [2.45, 2.75) is 38.0 Å². The van der Waals surface area contributed by atoms with Crippen molar-refractivity contribution in [3.8, 4) is 0 Å². The number of primary amides is 1. The molecule has 3 rings (SSSR count). The molecule has 1 atom stereocenters. The van der Waals surface area contributed by atoms with Gasteiger partial charge >= 0.3 is 0 Å². The smallest absolute Gasteiger partial charge is 0.266 e.